The van der Waals surface area contributed by atoms with Crippen molar-refractivity contribution < 1.29 is 89.4 Å². The molecule has 0 saturated carbocycles. The Balaban J connectivity index is 1.58. The second-order valence-electron chi connectivity index (χ2n) is 18.6. The van der Waals surface area contributed by atoms with Crippen LogP contribution in [0.3, 0.4) is 0 Å². The highest BCUT2D eigenvalue weighted by Crippen LogP contribution is 2.33. The Kier molecular flexibility index (Phi) is 30.4. The predicted octanol–water partition coefficient (Wildman–Crippen LogP) is 1.48. The molecule has 3 heterocycles. The van der Waals surface area contributed by atoms with Gasteiger partial charge in [-0.05, 0) is 19.3 Å². The van der Waals surface area contributed by atoms with Gasteiger partial charge < -0.3 is 89.9 Å². The van der Waals surface area contributed by atoms with E-state index >= 15 is 0 Å². The van der Waals surface area contributed by atoms with E-state index in [-0.39, 0.29) is 18.9 Å². The molecule has 12 N–H and O–H groups in total. The fourth-order valence-corrected chi connectivity index (χ4v) is 8.78. The molecule has 0 radical (unpaired) electrons. The van der Waals surface area contributed by atoms with E-state index in [4.69, 9.17) is 28.4 Å². The molecular formula is C48H89NO18. The average molecular weight is 968 g/mol. The third-order valence-electron chi connectivity index (χ3n) is 13.1. The van der Waals surface area contributed by atoms with Crippen molar-refractivity contribution in [3.05, 3.63) is 12.2 Å². The number of aliphatic hydroxyl groups excluding tert-OH is 11. The standard InChI is InChI=1S/C48H89NO18/c1-3-5-7-9-11-13-14-15-16-18-19-21-23-25-32(53)31(49-36(54)26-24-22-20-17-12-10-8-6-4-2)30-62-46-42(60)39(57)44(34(28-51)64-46)67-48-43(61)40(58)45(35(29-52)65-48)66-47-41(59)38(56)37(55)33(27-50)63-47/h23,25,31-35,37-48,50-53,55-61H,3-22,24,26-30H2,1-2H3,(H,49,54)/t31-,32+,33+,34+,35+,37-,38-,39+,40+,41+,42+,43+,44+,45-,46+,47+,48-/m0/s1. The number of ether oxygens (including phenoxy) is 6. The fraction of sp³-hybridized carbons (Fsp3) is 0.938. The van der Waals surface area contributed by atoms with Crippen molar-refractivity contribution >= 4 is 5.91 Å². The topological polar surface area (TPSA) is 307 Å². The number of carbonyl (C=O) groups excluding carboxylic acids is 1. The maximum atomic E-state index is 13.1. The van der Waals surface area contributed by atoms with Crippen LogP contribution in [-0.4, -0.2) is 193 Å². The van der Waals surface area contributed by atoms with Gasteiger partial charge in [-0.1, -0.05) is 142 Å². The minimum atomic E-state index is -1.97. The summed E-state index contributed by atoms with van der Waals surface area (Å²) in [6, 6.07) is -0.963. The van der Waals surface area contributed by atoms with Gasteiger partial charge in [0.25, 0.3) is 0 Å². The normalized spacial score (nSPS) is 33.5. The summed E-state index contributed by atoms with van der Waals surface area (Å²) in [6.45, 7) is 1.65. The first-order valence-corrected chi connectivity index (χ1v) is 25.4. The first-order valence-electron chi connectivity index (χ1n) is 25.4. The summed E-state index contributed by atoms with van der Waals surface area (Å²) in [5, 5.41) is 119. The summed E-state index contributed by atoms with van der Waals surface area (Å²) in [7, 11) is 0. The number of allylic oxidation sites excluding steroid dienone is 1. The van der Waals surface area contributed by atoms with Gasteiger partial charge in [0, 0.05) is 6.42 Å². The molecule has 0 bridgehead atoms. The summed E-state index contributed by atoms with van der Waals surface area (Å²) < 4.78 is 34.0. The Hall–Kier alpha value is -1.47. The zero-order chi connectivity index (χ0) is 49.1. The number of amides is 1. The molecule has 3 aliphatic heterocycles. The van der Waals surface area contributed by atoms with E-state index < -0.39 is 124 Å². The molecule has 17 atom stereocenters. The molecular weight excluding hydrogens is 879 g/mol. The largest absolute Gasteiger partial charge is 0.394 e. The highest BCUT2D eigenvalue weighted by molar-refractivity contribution is 5.76. The SMILES string of the molecule is CCCCCCCCCCCCCC=C[C@@H](O)[C@H](CO[C@@H]1O[C@H](CO)[C@@H](O[C@@H]2O[C@H](CO)[C@H](O[C@H]3O[C@H](CO)[C@H](O)[C@H](O)[C@H]3O)[C@H](O)[C@H]2O)[C@H](O)[C@H]1O)NC(=O)CCCCCCCCCCC. The van der Waals surface area contributed by atoms with Crippen LogP contribution in [0.4, 0.5) is 0 Å². The number of hydrogen-bond donors (Lipinski definition) is 12. The van der Waals surface area contributed by atoms with Crippen molar-refractivity contribution in [2.24, 2.45) is 0 Å². The van der Waals surface area contributed by atoms with Gasteiger partial charge in [0.1, 0.15) is 73.2 Å². The number of nitrogens with one attached hydrogen (secondary N) is 1. The Morgan fingerprint density at radius 1 is 0.522 bits per heavy atom. The van der Waals surface area contributed by atoms with Gasteiger partial charge in [-0.25, -0.2) is 0 Å². The lowest BCUT2D eigenvalue weighted by Gasteiger charge is -2.48. The molecule has 394 valence electrons. The second kappa shape index (κ2) is 34.0. The number of rotatable bonds is 35. The van der Waals surface area contributed by atoms with Crippen LogP contribution < -0.4 is 5.32 Å². The molecule has 19 heteroatoms. The average Bonchev–Trinajstić information content (AvgIpc) is 3.32. The van der Waals surface area contributed by atoms with Crippen LogP contribution in [0.1, 0.15) is 155 Å². The molecule has 67 heavy (non-hydrogen) atoms. The Bertz CT molecular complexity index is 1300. The van der Waals surface area contributed by atoms with Crippen LogP contribution in [0.5, 0.6) is 0 Å². The van der Waals surface area contributed by atoms with E-state index in [1.807, 2.05) is 6.08 Å². The van der Waals surface area contributed by atoms with Crippen LogP contribution in [0.25, 0.3) is 0 Å². The molecule has 0 aliphatic carbocycles. The molecule has 3 saturated heterocycles. The lowest BCUT2D eigenvalue weighted by atomic mass is 9.96. The lowest BCUT2D eigenvalue weighted by molar-refractivity contribution is -0.379. The first-order chi connectivity index (χ1) is 32.3. The summed E-state index contributed by atoms with van der Waals surface area (Å²) >= 11 is 0. The van der Waals surface area contributed by atoms with Crippen LogP contribution in [0.15, 0.2) is 12.2 Å². The lowest BCUT2D eigenvalue weighted by Crippen LogP contribution is -2.66. The van der Waals surface area contributed by atoms with E-state index in [1.165, 1.54) is 83.5 Å². The van der Waals surface area contributed by atoms with Gasteiger partial charge in [0.2, 0.25) is 5.91 Å². The van der Waals surface area contributed by atoms with E-state index in [0.29, 0.717) is 6.42 Å². The molecule has 0 aromatic heterocycles. The zero-order valence-electron chi connectivity index (χ0n) is 40.1. The first kappa shape index (κ1) is 59.8. The van der Waals surface area contributed by atoms with Gasteiger partial charge in [-0.15, -0.1) is 0 Å². The third kappa shape index (κ3) is 20.3. The van der Waals surface area contributed by atoms with Gasteiger partial charge in [0.15, 0.2) is 18.9 Å². The number of aliphatic hydroxyl groups is 11. The van der Waals surface area contributed by atoms with Crippen molar-refractivity contribution in [3.63, 3.8) is 0 Å². The molecule has 0 spiro atoms. The van der Waals surface area contributed by atoms with Crippen LogP contribution in [0, 0.1) is 0 Å². The molecule has 3 aliphatic rings. The molecule has 0 aromatic rings. The highest BCUT2D eigenvalue weighted by Gasteiger charge is 2.53. The summed E-state index contributed by atoms with van der Waals surface area (Å²) in [6.07, 6.45) is 0.877. The Morgan fingerprint density at radius 2 is 0.925 bits per heavy atom. The van der Waals surface area contributed by atoms with Crippen molar-refractivity contribution in [2.45, 2.75) is 259 Å². The van der Waals surface area contributed by atoms with Gasteiger partial charge in [-0.3, -0.25) is 4.79 Å². The zero-order valence-corrected chi connectivity index (χ0v) is 40.1. The summed E-state index contributed by atoms with van der Waals surface area (Å²) in [5.74, 6) is -0.281. The monoisotopic (exact) mass is 968 g/mol. The van der Waals surface area contributed by atoms with Crippen molar-refractivity contribution in [1.29, 1.82) is 0 Å². The minimum absolute atomic E-state index is 0.246. The fourth-order valence-electron chi connectivity index (χ4n) is 8.78. The molecule has 19 nitrogen and oxygen atoms in total. The van der Waals surface area contributed by atoms with Gasteiger partial charge in [0.05, 0.1) is 38.6 Å². The molecule has 1 amide bonds. The number of carbonyl (C=O) groups is 1. The summed E-state index contributed by atoms with van der Waals surface area (Å²) in [5.41, 5.74) is 0. The highest BCUT2D eigenvalue weighted by atomic mass is 16.8. The molecule has 0 aromatic carbocycles. The van der Waals surface area contributed by atoms with Crippen molar-refractivity contribution in [2.75, 3.05) is 26.4 Å². The van der Waals surface area contributed by atoms with Crippen molar-refractivity contribution in [3.8, 4) is 0 Å². The maximum Gasteiger partial charge on any atom is 0.220 e. The molecule has 0 unspecified atom stereocenters. The van der Waals surface area contributed by atoms with E-state index in [1.54, 1.807) is 6.08 Å². The number of unbranched alkanes of at least 4 members (excludes halogenated alkanes) is 19. The quantitative estimate of drug-likeness (QED) is 0.0316. The van der Waals surface area contributed by atoms with E-state index in [9.17, 15) is 61.0 Å². The van der Waals surface area contributed by atoms with E-state index in [2.05, 4.69) is 19.2 Å². The second-order valence-corrected chi connectivity index (χ2v) is 18.6. The third-order valence-corrected chi connectivity index (χ3v) is 13.1. The Labute approximate surface area is 397 Å². The number of hydrogen-bond acceptors (Lipinski definition) is 18. The van der Waals surface area contributed by atoms with Gasteiger partial charge in [-0.2, -0.15) is 0 Å². The Morgan fingerprint density at radius 3 is 1.40 bits per heavy atom. The maximum absolute atomic E-state index is 13.1. The van der Waals surface area contributed by atoms with Crippen LogP contribution >= 0.6 is 0 Å². The predicted molar refractivity (Wildman–Crippen MR) is 245 cm³/mol. The van der Waals surface area contributed by atoms with E-state index in [0.717, 1.165) is 44.9 Å². The molecule has 3 rings (SSSR count). The molecule has 3 fully saturated rings. The van der Waals surface area contributed by atoms with Crippen LogP contribution in [0.2, 0.25) is 0 Å². The van der Waals surface area contributed by atoms with Crippen molar-refractivity contribution in [1.82, 2.24) is 5.32 Å². The minimum Gasteiger partial charge on any atom is -0.394 e. The van der Waals surface area contributed by atoms with Gasteiger partial charge >= 0.3 is 0 Å². The smallest absolute Gasteiger partial charge is 0.220 e. The summed E-state index contributed by atoms with van der Waals surface area (Å²) in [4.78, 5) is 13.1. The van der Waals surface area contributed by atoms with Crippen LogP contribution in [-0.2, 0) is 33.2 Å².